The van der Waals surface area contributed by atoms with Crippen LogP contribution in [0, 0.1) is 0 Å². The summed E-state index contributed by atoms with van der Waals surface area (Å²) in [5.74, 6) is 0. The molecule has 2 nitrogen and oxygen atoms in total. The molecule has 0 N–H and O–H groups in total. The molecule has 2 aliphatic heterocycles. The van der Waals surface area contributed by atoms with Crippen LogP contribution >= 0.6 is 11.6 Å². The van der Waals surface area contributed by atoms with E-state index in [0.29, 0.717) is 5.54 Å². The summed E-state index contributed by atoms with van der Waals surface area (Å²) >= 11 is 6.19. The number of hydrogen-bond donors (Lipinski definition) is 0. The molecule has 0 saturated carbocycles. The lowest BCUT2D eigenvalue weighted by atomic mass is 9.86. The summed E-state index contributed by atoms with van der Waals surface area (Å²) in [6, 6.07) is 19.3. The SMILES string of the molecule is Clc1cccc(CN2CCC[C@@]23CCCN(Cc2ccccc2)C3)c1. The van der Waals surface area contributed by atoms with Gasteiger partial charge < -0.3 is 0 Å². The molecule has 0 aromatic heterocycles. The van der Waals surface area contributed by atoms with E-state index in [1.54, 1.807) is 0 Å². The van der Waals surface area contributed by atoms with Gasteiger partial charge in [0.1, 0.15) is 0 Å². The van der Waals surface area contributed by atoms with Gasteiger partial charge in [-0.3, -0.25) is 9.80 Å². The Morgan fingerprint density at radius 1 is 0.840 bits per heavy atom. The monoisotopic (exact) mass is 354 g/mol. The van der Waals surface area contributed by atoms with Gasteiger partial charge >= 0.3 is 0 Å². The Bertz CT molecular complexity index is 702. The van der Waals surface area contributed by atoms with Crippen LogP contribution in [0.3, 0.4) is 0 Å². The van der Waals surface area contributed by atoms with Gasteiger partial charge in [0, 0.05) is 30.2 Å². The van der Waals surface area contributed by atoms with Gasteiger partial charge in [0.2, 0.25) is 0 Å². The molecule has 25 heavy (non-hydrogen) atoms. The topological polar surface area (TPSA) is 6.48 Å². The van der Waals surface area contributed by atoms with Gasteiger partial charge in [-0.1, -0.05) is 54.1 Å². The fraction of sp³-hybridized carbons (Fsp3) is 0.455. The van der Waals surface area contributed by atoms with E-state index in [0.717, 1.165) is 18.1 Å². The van der Waals surface area contributed by atoms with Gasteiger partial charge in [0.15, 0.2) is 0 Å². The van der Waals surface area contributed by atoms with E-state index in [1.165, 1.54) is 56.4 Å². The highest BCUT2D eigenvalue weighted by atomic mass is 35.5. The van der Waals surface area contributed by atoms with Crippen LogP contribution in [0.15, 0.2) is 54.6 Å². The van der Waals surface area contributed by atoms with Crippen molar-refractivity contribution in [1.82, 2.24) is 9.80 Å². The molecule has 1 atom stereocenters. The minimum Gasteiger partial charge on any atom is -0.297 e. The average molecular weight is 355 g/mol. The Labute approximate surface area is 156 Å². The quantitative estimate of drug-likeness (QED) is 0.764. The highest BCUT2D eigenvalue weighted by Crippen LogP contribution is 2.38. The summed E-state index contributed by atoms with van der Waals surface area (Å²) in [6.45, 7) is 5.74. The van der Waals surface area contributed by atoms with Crippen molar-refractivity contribution < 1.29 is 0 Å². The molecular weight excluding hydrogens is 328 g/mol. The Morgan fingerprint density at radius 2 is 1.60 bits per heavy atom. The molecule has 0 bridgehead atoms. The number of halogens is 1. The molecule has 2 aromatic carbocycles. The van der Waals surface area contributed by atoms with Crippen molar-refractivity contribution >= 4 is 11.6 Å². The molecule has 0 radical (unpaired) electrons. The number of hydrogen-bond acceptors (Lipinski definition) is 2. The van der Waals surface area contributed by atoms with E-state index in [-0.39, 0.29) is 0 Å². The summed E-state index contributed by atoms with van der Waals surface area (Å²) in [5, 5.41) is 0.847. The first-order chi connectivity index (χ1) is 12.2. The summed E-state index contributed by atoms with van der Waals surface area (Å²) < 4.78 is 0. The summed E-state index contributed by atoms with van der Waals surface area (Å²) in [6.07, 6.45) is 5.29. The number of rotatable bonds is 4. The molecule has 3 heteroatoms. The van der Waals surface area contributed by atoms with E-state index in [4.69, 9.17) is 11.6 Å². The molecule has 2 aromatic rings. The van der Waals surface area contributed by atoms with Crippen LogP contribution < -0.4 is 0 Å². The Kier molecular flexibility index (Phi) is 5.12. The minimum absolute atomic E-state index is 0.356. The maximum atomic E-state index is 6.19. The van der Waals surface area contributed by atoms with E-state index in [1.807, 2.05) is 6.07 Å². The maximum absolute atomic E-state index is 6.19. The highest BCUT2D eigenvalue weighted by Gasteiger charge is 2.43. The van der Waals surface area contributed by atoms with Crippen molar-refractivity contribution in [3.63, 3.8) is 0 Å². The second kappa shape index (κ2) is 7.49. The summed E-state index contributed by atoms with van der Waals surface area (Å²) in [7, 11) is 0. The van der Waals surface area contributed by atoms with Crippen LogP contribution in [0.4, 0.5) is 0 Å². The van der Waals surface area contributed by atoms with Crippen molar-refractivity contribution in [2.45, 2.75) is 44.3 Å². The number of likely N-dealkylation sites (tertiary alicyclic amines) is 2. The predicted molar refractivity (Wildman–Crippen MR) is 105 cm³/mol. The molecule has 2 fully saturated rings. The minimum atomic E-state index is 0.356. The lowest BCUT2D eigenvalue weighted by molar-refractivity contribution is 0.0328. The van der Waals surface area contributed by atoms with Gasteiger partial charge in [-0.15, -0.1) is 0 Å². The third kappa shape index (κ3) is 3.92. The number of nitrogens with zero attached hydrogens (tertiary/aromatic N) is 2. The maximum Gasteiger partial charge on any atom is 0.0409 e. The lowest BCUT2D eigenvalue weighted by Gasteiger charge is -2.46. The first-order valence-corrected chi connectivity index (χ1v) is 9.87. The molecule has 4 rings (SSSR count). The number of benzene rings is 2. The molecule has 2 aliphatic rings. The normalized spacial score (nSPS) is 24.8. The molecule has 2 saturated heterocycles. The van der Waals surface area contributed by atoms with Crippen LogP contribution in [-0.2, 0) is 13.1 Å². The third-order valence-electron chi connectivity index (χ3n) is 5.89. The van der Waals surface area contributed by atoms with Crippen LogP contribution in [-0.4, -0.2) is 35.0 Å². The van der Waals surface area contributed by atoms with Crippen LogP contribution in [0.25, 0.3) is 0 Å². The van der Waals surface area contributed by atoms with Gasteiger partial charge in [-0.2, -0.15) is 0 Å². The third-order valence-corrected chi connectivity index (χ3v) is 6.12. The first kappa shape index (κ1) is 17.1. The molecule has 1 spiro atoms. The zero-order valence-electron chi connectivity index (χ0n) is 14.8. The molecule has 0 unspecified atom stereocenters. The number of piperidine rings is 1. The van der Waals surface area contributed by atoms with Crippen molar-refractivity contribution in [3.05, 3.63) is 70.7 Å². The smallest absolute Gasteiger partial charge is 0.0409 e. The van der Waals surface area contributed by atoms with Crippen molar-refractivity contribution in [1.29, 1.82) is 0 Å². The average Bonchev–Trinajstić information content (AvgIpc) is 2.97. The molecule has 132 valence electrons. The molecular formula is C22H27ClN2. The van der Waals surface area contributed by atoms with Crippen LogP contribution in [0.1, 0.15) is 36.8 Å². The predicted octanol–water partition coefficient (Wildman–Crippen LogP) is 4.97. The first-order valence-electron chi connectivity index (χ1n) is 9.49. The van der Waals surface area contributed by atoms with E-state index in [9.17, 15) is 0 Å². The summed E-state index contributed by atoms with van der Waals surface area (Å²) in [4.78, 5) is 5.39. The van der Waals surface area contributed by atoms with Gasteiger partial charge in [0.05, 0.1) is 0 Å². The Morgan fingerprint density at radius 3 is 2.40 bits per heavy atom. The zero-order valence-corrected chi connectivity index (χ0v) is 15.6. The van der Waals surface area contributed by atoms with Crippen LogP contribution in [0.5, 0.6) is 0 Å². The van der Waals surface area contributed by atoms with E-state index in [2.05, 4.69) is 58.3 Å². The second-order valence-electron chi connectivity index (χ2n) is 7.68. The zero-order chi connectivity index (χ0) is 17.1. The lowest BCUT2D eigenvalue weighted by Crippen LogP contribution is -2.55. The van der Waals surface area contributed by atoms with E-state index < -0.39 is 0 Å². The largest absolute Gasteiger partial charge is 0.297 e. The Hall–Kier alpha value is -1.35. The van der Waals surface area contributed by atoms with Crippen molar-refractivity contribution in [2.24, 2.45) is 0 Å². The van der Waals surface area contributed by atoms with Gasteiger partial charge in [0.25, 0.3) is 0 Å². The standard InChI is InChI=1S/C22H27ClN2/c23-21-10-4-9-20(15-21)17-25-14-6-12-22(25)11-5-13-24(18-22)16-19-7-2-1-3-8-19/h1-4,7-10,15H,5-6,11-14,16-18H2/t22-/m1/s1. The molecule has 2 heterocycles. The fourth-order valence-electron chi connectivity index (χ4n) is 4.74. The van der Waals surface area contributed by atoms with Crippen LogP contribution in [0.2, 0.25) is 5.02 Å². The Balaban J connectivity index is 1.47. The highest BCUT2D eigenvalue weighted by molar-refractivity contribution is 6.30. The van der Waals surface area contributed by atoms with Crippen molar-refractivity contribution in [3.8, 4) is 0 Å². The molecule has 0 amide bonds. The second-order valence-corrected chi connectivity index (χ2v) is 8.12. The van der Waals surface area contributed by atoms with Gasteiger partial charge in [-0.05, 0) is 62.0 Å². The fourth-order valence-corrected chi connectivity index (χ4v) is 4.95. The van der Waals surface area contributed by atoms with Crippen molar-refractivity contribution in [2.75, 3.05) is 19.6 Å². The van der Waals surface area contributed by atoms with E-state index >= 15 is 0 Å². The summed E-state index contributed by atoms with van der Waals surface area (Å²) in [5.41, 5.74) is 3.13. The van der Waals surface area contributed by atoms with Gasteiger partial charge in [-0.25, -0.2) is 0 Å². The molecule has 0 aliphatic carbocycles.